The Morgan fingerprint density at radius 2 is 1.40 bits per heavy atom. The van der Waals surface area contributed by atoms with Gasteiger partial charge in [-0.25, -0.2) is 4.39 Å². The molecule has 1 nitrogen and oxygen atoms in total. The first kappa shape index (κ1) is 30.6. The van der Waals surface area contributed by atoms with Gasteiger partial charge in [0, 0.05) is 0 Å². The smallest absolute Gasteiger partial charge is 0.141 e. The first-order valence-electron chi connectivity index (χ1n) is 17.2. The number of allylic oxidation sites excluding steroid dienone is 4. The van der Waals surface area contributed by atoms with Crippen LogP contribution in [0.2, 0.25) is 0 Å². The van der Waals surface area contributed by atoms with Gasteiger partial charge in [-0.2, -0.15) is 5.26 Å². The van der Waals surface area contributed by atoms with Gasteiger partial charge in [-0.05, 0) is 110 Å². The van der Waals surface area contributed by atoms with Gasteiger partial charge in [0.15, 0.2) is 0 Å². The normalized spacial score (nSPS) is 15.2. The molecule has 6 aromatic rings. The number of unbranched alkanes of at least 4 members (excludes halogenated alkanes) is 3. The van der Waals surface area contributed by atoms with E-state index in [1.54, 1.807) is 22.8 Å². The predicted octanol–water partition coefficient (Wildman–Crippen LogP) is 12.8. The van der Waals surface area contributed by atoms with Gasteiger partial charge in [0.25, 0.3) is 0 Å². The summed E-state index contributed by atoms with van der Waals surface area (Å²) >= 11 is 0. The monoisotopic (exact) mass is 613 g/mol. The molecule has 2 heteroatoms. The van der Waals surface area contributed by atoms with Crippen molar-refractivity contribution in [1.82, 2.24) is 0 Å². The number of aryl methyl sites for hydroxylation is 1. The van der Waals surface area contributed by atoms with Crippen molar-refractivity contribution >= 4 is 37.9 Å². The maximum Gasteiger partial charge on any atom is 0.141 e. The third kappa shape index (κ3) is 6.24. The molecule has 1 atom stereocenters. The Labute approximate surface area is 277 Å². The molecular formula is C45H40FN. The molecule has 0 heterocycles. The predicted molar refractivity (Wildman–Crippen MR) is 197 cm³/mol. The molecule has 0 fully saturated rings. The molecule has 0 saturated carbocycles. The zero-order chi connectivity index (χ0) is 32.2. The van der Waals surface area contributed by atoms with Gasteiger partial charge < -0.3 is 0 Å². The van der Waals surface area contributed by atoms with E-state index in [9.17, 15) is 4.39 Å². The molecular weight excluding hydrogens is 574 g/mol. The summed E-state index contributed by atoms with van der Waals surface area (Å²) in [5.74, 6) is 0.310. The third-order valence-electron chi connectivity index (χ3n) is 10.1. The van der Waals surface area contributed by atoms with Crippen LogP contribution < -0.4 is 0 Å². The van der Waals surface area contributed by atoms with Crippen molar-refractivity contribution in [3.05, 3.63) is 149 Å². The fourth-order valence-electron chi connectivity index (χ4n) is 7.63. The molecule has 0 radical (unpaired) electrons. The standard InChI is InChI=1S/C24H28.C21H12FN/c1-2-3-4-5-9-18-11-8-13-22-21(18)16-17-23-20-12-7-6-10-19(20)14-15-24(22)23;22-21-12-16(6-8-18(21)13-23)15-9-10-20-17(11-15)7-5-14-3-1-2-4-19(14)20/h6-8,10,12-15,18H,2-5,9,11,16-17H2,1H3;1-12H. The fraction of sp³-hybridized carbons (Fsp3) is 0.222. The Morgan fingerprint density at radius 3 is 2.21 bits per heavy atom. The number of hydrogen-bond donors (Lipinski definition) is 0. The number of nitriles is 1. The van der Waals surface area contributed by atoms with Crippen LogP contribution in [-0.2, 0) is 6.42 Å². The lowest BCUT2D eigenvalue weighted by molar-refractivity contribution is 0.497. The Hall–Kier alpha value is -5.00. The first-order valence-corrected chi connectivity index (χ1v) is 17.2. The van der Waals surface area contributed by atoms with Crippen LogP contribution in [0, 0.1) is 23.1 Å². The second kappa shape index (κ2) is 13.8. The quantitative estimate of drug-likeness (QED) is 0.135. The van der Waals surface area contributed by atoms with Crippen LogP contribution in [0.4, 0.5) is 4.39 Å². The van der Waals surface area contributed by atoms with Crippen molar-refractivity contribution in [3.63, 3.8) is 0 Å². The summed E-state index contributed by atoms with van der Waals surface area (Å²) in [4.78, 5) is 0. The molecule has 6 aromatic carbocycles. The van der Waals surface area contributed by atoms with E-state index in [2.05, 4.69) is 91.9 Å². The first-order chi connectivity index (χ1) is 23.1. The maximum absolute atomic E-state index is 13.8. The lowest BCUT2D eigenvalue weighted by Crippen LogP contribution is -2.15. The Morgan fingerprint density at radius 1 is 0.702 bits per heavy atom. The molecule has 8 rings (SSSR count). The van der Waals surface area contributed by atoms with Crippen LogP contribution in [0.5, 0.6) is 0 Å². The van der Waals surface area contributed by atoms with Gasteiger partial charge in [-0.3, -0.25) is 0 Å². The third-order valence-corrected chi connectivity index (χ3v) is 10.1. The van der Waals surface area contributed by atoms with Crippen LogP contribution in [0.25, 0.3) is 49.0 Å². The Balaban J connectivity index is 0.000000150. The van der Waals surface area contributed by atoms with E-state index in [1.807, 2.05) is 24.3 Å². The number of rotatable bonds is 6. The molecule has 0 spiro atoms. The summed E-state index contributed by atoms with van der Waals surface area (Å²) in [5.41, 5.74) is 8.16. The molecule has 0 aliphatic heterocycles. The number of hydrogen-bond acceptors (Lipinski definition) is 1. The number of benzene rings is 6. The summed E-state index contributed by atoms with van der Waals surface area (Å²) in [7, 11) is 0. The van der Waals surface area contributed by atoms with Crippen LogP contribution in [-0.4, -0.2) is 0 Å². The van der Waals surface area contributed by atoms with Crippen LogP contribution in [0.1, 0.15) is 68.6 Å². The van der Waals surface area contributed by atoms with Crippen LogP contribution in [0.3, 0.4) is 0 Å². The minimum Gasteiger partial charge on any atom is -0.206 e. The molecule has 0 amide bonds. The molecule has 0 aromatic heterocycles. The van der Waals surface area contributed by atoms with Gasteiger partial charge in [0.05, 0.1) is 5.56 Å². The average Bonchev–Trinajstić information content (AvgIpc) is 3.13. The molecule has 2 aliphatic carbocycles. The van der Waals surface area contributed by atoms with E-state index in [0.717, 1.165) is 22.4 Å². The topological polar surface area (TPSA) is 23.8 Å². The summed E-state index contributed by atoms with van der Waals surface area (Å²) in [6.45, 7) is 2.30. The Kier molecular flexibility index (Phi) is 8.98. The molecule has 47 heavy (non-hydrogen) atoms. The largest absolute Gasteiger partial charge is 0.206 e. The molecule has 2 aliphatic rings. The summed E-state index contributed by atoms with van der Waals surface area (Å²) < 4.78 is 13.8. The van der Waals surface area contributed by atoms with E-state index in [0.29, 0.717) is 0 Å². The summed E-state index contributed by atoms with van der Waals surface area (Å²) in [5, 5.41) is 16.4. The minimum absolute atomic E-state index is 0.0699. The van der Waals surface area contributed by atoms with Crippen molar-refractivity contribution in [2.45, 2.75) is 58.3 Å². The summed E-state index contributed by atoms with van der Waals surface area (Å²) in [6.07, 6.45) is 15.5. The fourth-order valence-corrected chi connectivity index (χ4v) is 7.63. The van der Waals surface area contributed by atoms with E-state index >= 15 is 0 Å². The highest BCUT2D eigenvalue weighted by Gasteiger charge is 2.26. The average molecular weight is 614 g/mol. The van der Waals surface area contributed by atoms with Gasteiger partial charge in [0.1, 0.15) is 11.9 Å². The van der Waals surface area contributed by atoms with Crippen LogP contribution in [0.15, 0.2) is 127 Å². The molecule has 1 unspecified atom stereocenters. The van der Waals surface area contributed by atoms with Gasteiger partial charge in [0.2, 0.25) is 0 Å². The highest BCUT2D eigenvalue weighted by Crippen LogP contribution is 2.43. The Bertz CT molecular complexity index is 2190. The second-order valence-corrected chi connectivity index (χ2v) is 13.0. The maximum atomic E-state index is 13.8. The SMILES string of the molecule is CCCCCCC1CC=CC2=C1CCc1c2ccc2ccccc12.N#Cc1ccc(-c2ccc3c(ccc4ccccc43)c2)cc1F. The second-order valence-electron chi connectivity index (χ2n) is 13.0. The molecule has 232 valence electrons. The summed E-state index contributed by atoms with van der Waals surface area (Å²) in [6, 6.07) is 38.7. The van der Waals surface area contributed by atoms with E-state index < -0.39 is 5.82 Å². The number of halogens is 1. The lowest BCUT2D eigenvalue weighted by Gasteiger charge is -2.31. The zero-order valence-corrected chi connectivity index (χ0v) is 27.1. The van der Waals surface area contributed by atoms with Crippen molar-refractivity contribution in [1.29, 1.82) is 5.26 Å². The van der Waals surface area contributed by atoms with Crippen molar-refractivity contribution in [3.8, 4) is 17.2 Å². The van der Waals surface area contributed by atoms with E-state index in [-0.39, 0.29) is 5.56 Å². The van der Waals surface area contributed by atoms with Crippen molar-refractivity contribution in [2.75, 3.05) is 0 Å². The number of nitrogens with zero attached hydrogens (tertiary/aromatic N) is 1. The van der Waals surface area contributed by atoms with E-state index in [4.69, 9.17) is 5.26 Å². The minimum atomic E-state index is -0.483. The van der Waals surface area contributed by atoms with Crippen LogP contribution >= 0.6 is 0 Å². The highest BCUT2D eigenvalue weighted by atomic mass is 19.1. The zero-order valence-electron chi connectivity index (χ0n) is 27.1. The number of fused-ring (bicyclic) bond motifs is 7. The molecule has 0 bridgehead atoms. The highest BCUT2D eigenvalue weighted by molar-refractivity contribution is 6.08. The van der Waals surface area contributed by atoms with Gasteiger partial charge >= 0.3 is 0 Å². The molecule has 0 N–H and O–H groups in total. The van der Waals surface area contributed by atoms with Crippen molar-refractivity contribution < 1.29 is 4.39 Å². The van der Waals surface area contributed by atoms with Gasteiger partial charge in [-0.15, -0.1) is 0 Å². The molecule has 0 saturated heterocycles. The van der Waals surface area contributed by atoms with Crippen molar-refractivity contribution in [2.24, 2.45) is 5.92 Å². The van der Waals surface area contributed by atoms with Gasteiger partial charge in [-0.1, -0.05) is 141 Å². The lowest BCUT2D eigenvalue weighted by atomic mass is 9.74. The van der Waals surface area contributed by atoms with E-state index in [1.165, 1.54) is 96.0 Å².